The third kappa shape index (κ3) is 4.72. The minimum atomic E-state index is -0.182. The molecule has 1 aromatic heterocycles. The molecule has 0 radical (unpaired) electrons. The van der Waals surface area contributed by atoms with E-state index in [9.17, 15) is 9.59 Å². The largest absolute Gasteiger partial charge is 0.368 e. The Kier molecular flexibility index (Phi) is 5.95. The van der Waals surface area contributed by atoms with Crippen LogP contribution in [0.1, 0.15) is 19.8 Å². The van der Waals surface area contributed by atoms with Crippen LogP contribution < -0.4 is 16.2 Å². The second-order valence-corrected chi connectivity index (χ2v) is 4.50. The summed E-state index contributed by atoms with van der Waals surface area (Å²) in [6.07, 6.45) is 2.63. The zero-order valence-electron chi connectivity index (χ0n) is 9.55. The summed E-state index contributed by atoms with van der Waals surface area (Å²) in [7, 11) is 0. The molecule has 1 rings (SSSR count). The molecule has 0 bridgehead atoms. The van der Waals surface area contributed by atoms with Crippen molar-refractivity contribution in [3.63, 3.8) is 0 Å². The van der Waals surface area contributed by atoms with Crippen LogP contribution in [0.2, 0.25) is 0 Å². The summed E-state index contributed by atoms with van der Waals surface area (Å²) in [6, 6.07) is 0. The number of amides is 1. The third-order valence-corrected chi connectivity index (χ3v) is 3.01. The number of H-pyrrole nitrogens is 1. The number of carbonyl (C=O) groups is 1. The summed E-state index contributed by atoms with van der Waals surface area (Å²) >= 11 is 1.92. The van der Waals surface area contributed by atoms with Crippen LogP contribution in [0.15, 0.2) is 11.1 Å². The number of carbonyl (C=O) groups excluding carboxylic acids is 1. The molecule has 1 heterocycles. The van der Waals surface area contributed by atoms with Crippen molar-refractivity contribution in [1.82, 2.24) is 15.3 Å². The van der Waals surface area contributed by atoms with Crippen molar-refractivity contribution in [3.05, 3.63) is 20.3 Å². The van der Waals surface area contributed by atoms with Crippen LogP contribution in [-0.4, -0.2) is 29.0 Å². The average molecular weight is 350 g/mol. The smallest absolute Gasteiger partial charge is 0.266 e. The normalized spacial score (nSPS) is 10.0. The van der Waals surface area contributed by atoms with Gasteiger partial charge in [0, 0.05) is 19.5 Å². The number of nitrogens with zero attached hydrogens (tertiary/aromatic N) is 1. The highest BCUT2D eigenvalue weighted by Gasteiger charge is 2.05. The highest BCUT2D eigenvalue weighted by atomic mass is 127. The zero-order chi connectivity index (χ0) is 12.7. The number of aromatic amines is 1. The molecule has 6 nitrogen and oxygen atoms in total. The molecule has 0 aliphatic rings. The van der Waals surface area contributed by atoms with Gasteiger partial charge in [0.15, 0.2) is 0 Å². The lowest BCUT2D eigenvalue weighted by Crippen LogP contribution is -2.26. The van der Waals surface area contributed by atoms with Gasteiger partial charge < -0.3 is 15.6 Å². The van der Waals surface area contributed by atoms with E-state index in [0.29, 0.717) is 28.9 Å². The minimum absolute atomic E-state index is 0.000742. The Bertz CT molecular complexity index is 433. The fourth-order valence-electron chi connectivity index (χ4n) is 1.15. The van der Waals surface area contributed by atoms with Gasteiger partial charge in [0.25, 0.3) is 5.56 Å². The van der Waals surface area contributed by atoms with Crippen LogP contribution in [0.3, 0.4) is 0 Å². The lowest BCUT2D eigenvalue weighted by atomic mass is 10.3. The van der Waals surface area contributed by atoms with Gasteiger partial charge in [0.2, 0.25) is 5.91 Å². The minimum Gasteiger partial charge on any atom is -0.368 e. The Balaban J connectivity index is 2.38. The van der Waals surface area contributed by atoms with Gasteiger partial charge in [0.1, 0.15) is 9.39 Å². The van der Waals surface area contributed by atoms with Crippen molar-refractivity contribution in [2.24, 2.45) is 0 Å². The van der Waals surface area contributed by atoms with Gasteiger partial charge in [-0.25, -0.2) is 4.98 Å². The maximum absolute atomic E-state index is 11.3. The van der Waals surface area contributed by atoms with Crippen molar-refractivity contribution in [2.45, 2.75) is 19.8 Å². The van der Waals surface area contributed by atoms with Gasteiger partial charge in [-0.05, 0) is 29.0 Å². The number of nitrogens with one attached hydrogen (secondary N) is 3. The van der Waals surface area contributed by atoms with Gasteiger partial charge in [-0.1, -0.05) is 6.92 Å². The number of rotatable bonds is 6. The number of anilines is 1. The molecule has 3 N–H and O–H groups in total. The topological polar surface area (TPSA) is 86.9 Å². The Labute approximate surface area is 113 Å². The lowest BCUT2D eigenvalue weighted by Gasteiger charge is -2.06. The Hall–Kier alpha value is -1.12. The molecule has 0 aliphatic carbocycles. The summed E-state index contributed by atoms with van der Waals surface area (Å²) in [5, 5.41) is 5.74. The summed E-state index contributed by atoms with van der Waals surface area (Å²) < 4.78 is 0.499. The number of hydrogen-bond acceptors (Lipinski definition) is 4. The summed E-state index contributed by atoms with van der Waals surface area (Å²) in [4.78, 5) is 29.0. The molecular weight excluding hydrogens is 335 g/mol. The van der Waals surface area contributed by atoms with Gasteiger partial charge in [-0.3, -0.25) is 9.59 Å². The van der Waals surface area contributed by atoms with Gasteiger partial charge in [-0.2, -0.15) is 0 Å². The van der Waals surface area contributed by atoms with Crippen molar-refractivity contribution in [3.8, 4) is 0 Å². The molecule has 1 amide bonds. The molecule has 7 heteroatoms. The quantitative estimate of drug-likeness (QED) is 0.660. The maximum atomic E-state index is 11.3. The first-order valence-corrected chi connectivity index (χ1v) is 6.46. The van der Waals surface area contributed by atoms with Crippen LogP contribution in [-0.2, 0) is 4.79 Å². The average Bonchev–Trinajstić information content (AvgIpc) is 2.32. The van der Waals surface area contributed by atoms with E-state index in [4.69, 9.17) is 0 Å². The molecule has 0 aliphatic heterocycles. The zero-order valence-corrected chi connectivity index (χ0v) is 11.7. The number of halogens is 1. The van der Waals surface area contributed by atoms with E-state index in [1.807, 2.05) is 29.5 Å². The standard InChI is InChI=1S/C10H15IN4O2/c1-2-4-12-7(16)3-5-13-9-8(11)10(17)15-6-14-9/h6H,2-5H2,1H3,(H,12,16)(H2,13,14,15,17). The second-order valence-electron chi connectivity index (χ2n) is 3.42. The van der Waals surface area contributed by atoms with Crippen LogP contribution >= 0.6 is 22.6 Å². The molecule has 0 atom stereocenters. The van der Waals surface area contributed by atoms with Crippen molar-refractivity contribution >= 4 is 34.3 Å². The van der Waals surface area contributed by atoms with E-state index < -0.39 is 0 Å². The highest BCUT2D eigenvalue weighted by molar-refractivity contribution is 14.1. The van der Waals surface area contributed by atoms with Gasteiger partial charge >= 0.3 is 0 Å². The molecule has 94 valence electrons. The fraction of sp³-hybridized carbons (Fsp3) is 0.500. The van der Waals surface area contributed by atoms with Crippen molar-refractivity contribution < 1.29 is 4.79 Å². The van der Waals surface area contributed by atoms with E-state index in [1.54, 1.807) is 0 Å². The second kappa shape index (κ2) is 7.25. The van der Waals surface area contributed by atoms with Crippen LogP contribution in [0.4, 0.5) is 5.82 Å². The van der Waals surface area contributed by atoms with Gasteiger partial charge in [-0.15, -0.1) is 0 Å². The molecule has 17 heavy (non-hydrogen) atoms. The van der Waals surface area contributed by atoms with Crippen molar-refractivity contribution in [2.75, 3.05) is 18.4 Å². The molecule has 1 aromatic rings. The van der Waals surface area contributed by atoms with Gasteiger partial charge in [0.05, 0.1) is 6.33 Å². The molecule has 0 unspecified atom stereocenters. The van der Waals surface area contributed by atoms with E-state index in [2.05, 4.69) is 20.6 Å². The predicted octanol–water partition coefficient (Wildman–Crippen LogP) is 0.703. The first-order chi connectivity index (χ1) is 8.15. The maximum Gasteiger partial charge on any atom is 0.266 e. The molecule has 0 saturated heterocycles. The van der Waals surface area contributed by atoms with Crippen LogP contribution in [0.5, 0.6) is 0 Å². The first kappa shape index (κ1) is 13.9. The first-order valence-electron chi connectivity index (χ1n) is 5.39. The van der Waals surface area contributed by atoms with E-state index in [0.717, 1.165) is 6.42 Å². The lowest BCUT2D eigenvalue weighted by molar-refractivity contribution is -0.120. The molecular formula is C10H15IN4O2. The molecule has 0 aromatic carbocycles. The summed E-state index contributed by atoms with van der Waals surface area (Å²) in [5.74, 6) is 0.511. The summed E-state index contributed by atoms with van der Waals surface area (Å²) in [6.45, 7) is 3.16. The molecule has 0 spiro atoms. The predicted molar refractivity (Wildman–Crippen MR) is 74.0 cm³/mol. The Morgan fingerprint density at radius 3 is 3.00 bits per heavy atom. The van der Waals surface area contributed by atoms with Crippen molar-refractivity contribution in [1.29, 1.82) is 0 Å². The van der Waals surface area contributed by atoms with Crippen LogP contribution in [0.25, 0.3) is 0 Å². The Morgan fingerprint density at radius 2 is 2.29 bits per heavy atom. The van der Waals surface area contributed by atoms with E-state index in [1.165, 1.54) is 6.33 Å². The highest BCUT2D eigenvalue weighted by Crippen LogP contribution is 2.08. The Morgan fingerprint density at radius 1 is 1.53 bits per heavy atom. The summed E-state index contributed by atoms with van der Waals surface area (Å²) in [5.41, 5.74) is -0.182. The number of hydrogen-bond donors (Lipinski definition) is 3. The molecule has 0 saturated carbocycles. The monoisotopic (exact) mass is 350 g/mol. The fourth-order valence-corrected chi connectivity index (χ4v) is 1.64. The number of aromatic nitrogens is 2. The SMILES string of the molecule is CCCNC(=O)CCNc1nc[nH]c(=O)c1I. The van der Waals surface area contributed by atoms with Crippen LogP contribution in [0, 0.1) is 3.57 Å². The van der Waals surface area contributed by atoms with E-state index >= 15 is 0 Å². The molecule has 0 fully saturated rings. The van der Waals surface area contributed by atoms with E-state index in [-0.39, 0.29) is 11.5 Å². The third-order valence-electron chi connectivity index (χ3n) is 2.01.